The van der Waals surface area contributed by atoms with Gasteiger partial charge >= 0.3 is 0 Å². The molecule has 2 saturated heterocycles. The van der Waals surface area contributed by atoms with Crippen LogP contribution in [0.1, 0.15) is 69.8 Å². The van der Waals surface area contributed by atoms with Gasteiger partial charge in [-0.25, -0.2) is 0 Å². The summed E-state index contributed by atoms with van der Waals surface area (Å²) in [5.74, 6) is 0.981. The van der Waals surface area contributed by atoms with Crippen molar-refractivity contribution >= 4 is 10.8 Å². The summed E-state index contributed by atoms with van der Waals surface area (Å²) >= 11 is 0. The van der Waals surface area contributed by atoms with Crippen LogP contribution < -0.4 is 5.73 Å². The van der Waals surface area contributed by atoms with Crippen LogP contribution in [0.15, 0.2) is 60.0 Å². The molecule has 8 rings (SSSR count). The van der Waals surface area contributed by atoms with Gasteiger partial charge in [-0.15, -0.1) is 0 Å². The van der Waals surface area contributed by atoms with Gasteiger partial charge in [0.2, 0.25) is 0 Å². The molecule has 3 aliphatic heterocycles. The van der Waals surface area contributed by atoms with Crippen molar-refractivity contribution < 1.29 is 9.84 Å². The lowest BCUT2D eigenvalue weighted by atomic mass is 9.58. The average Bonchev–Trinajstić information content (AvgIpc) is 3.59. The molecule has 5 heteroatoms. The first-order valence-corrected chi connectivity index (χ1v) is 14.6. The van der Waals surface area contributed by atoms with Gasteiger partial charge in [0.15, 0.2) is 0 Å². The van der Waals surface area contributed by atoms with E-state index in [1.165, 1.54) is 40.3 Å². The number of aliphatic hydroxyl groups excluding tert-OH is 1. The first kappa shape index (κ1) is 22.9. The number of benzene rings is 1. The van der Waals surface area contributed by atoms with Crippen molar-refractivity contribution in [3.05, 3.63) is 65.5 Å². The Labute approximate surface area is 219 Å². The second kappa shape index (κ2) is 7.75. The number of nitrogens with zero attached hydrogens (tertiary/aromatic N) is 2. The van der Waals surface area contributed by atoms with Gasteiger partial charge in [-0.05, 0) is 103 Å². The van der Waals surface area contributed by atoms with Crippen molar-refractivity contribution in [2.24, 2.45) is 17.1 Å². The molecule has 5 nitrogen and oxygen atoms in total. The number of aromatic nitrogens is 1. The zero-order chi connectivity index (χ0) is 25.0. The molecule has 3 aliphatic carbocycles. The van der Waals surface area contributed by atoms with Crippen LogP contribution in [0, 0.1) is 11.3 Å². The minimum atomic E-state index is -0.516. The SMILES string of the molecule is C[C@]12CC=C3C=C4CC[C@@H](N5CC[C@@H](N)C5)[C@H](O)[C@]45CCC3(O5)[C@@H]1CCC2c1ccc2ccncc2c1. The van der Waals surface area contributed by atoms with E-state index in [0.29, 0.717) is 11.8 Å². The minimum absolute atomic E-state index is 0.150. The molecule has 0 radical (unpaired) electrons. The van der Waals surface area contributed by atoms with Crippen LogP contribution in [0.3, 0.4) is 0 Å². The molecule has 37 heavy (non-hydrogen) atoms. The normalized spacial score (nSPS) is 44.8. The van der Waals surface area contributed by atoms with E-state index >= 15 is 0 Å². The summed E-state index contributed by atoms with van der Waals surface area (Å²) in [6.07, 6.45) is 16.9. The van der Waals surface area contributed by atoms with Gasteiger partial charge in [0.1, 0.15) is 11.7 Å². The molecule has 6 aliphatic rings. The molecular weight excluding hydrogens is 458 g/mol. The van der Waals surface area contributed by atoms with Crippen molar-refractivity contribution in [1.82, 2.24) is 9.88 Å². The Bertz CT molecular complexity index is 1340. The summed E-state index contributed by atoms with van der Waals surface area (Å²) < 4.78 is 7.39. The van der Waals surface area contributed by atoms with Gasteiger partial charge < -0.3 is 15.6 Å². The van der Waals surface area contributed by atoms with Gasteiger partial charge in [-0.1, -0.05) is 31.2 Å². The van der Waals surface area contributed by atoms with Crippen molar-refractivity contribution in [3.8, 4) is 0 Å². The van der Waals surface area contributed by atoms with Gasteiger partial charge in [-0.2, -0.15) is 0 Å². The van der Waals surface area contributed by atoms with Crippen molar-refractivity contribution in [1.29, 1.82) is 0 Å². The molecule has 2 spiro atoms. The molecule has 4 heterocycles. The van der Waals surface area contributed by atoms with Crippen LogP contribution in [-0.4, -0.2) is 57.5 Å². The fraction of sp³-hybridized carbons (Fsp3) is 0.594. The summed E-state index contributed by atoms with van der Waals surface area (Å²) in [5.41, 5.74) is 9.84. The summed E-state index contributed by atoms with van der Waals surface area (Å²) in [6, 6.07) is 9.49. The molecule has 2 unspecified atom stereocenters. The molecule has 1 aromatic heterocycles. The molecule has 194 valence electrons. The van der Waals surface area contributed by atoms with Crippen molar-refractivity contribution in [2.45, 2.75) is 93.6 Å². The maximum absolute atomic E-state index is 11.9. The van der Waals surface area contributed by atoms with Crippen molar-refractivity contribution in [3.63, 3.8) is 0 Å². The highest BCUT2D eigenvalue weighted by atomic mass is 16.5. The van der Waals surface area contributed by atoms with E-state index < -0.39 is 11.7 Å². The fourth-order valence-electron chi connectivity index (χ4n) is 9.77. The third kappa shape index (κ3) is 2.97. The Balaban J connectivity index is 1.15. The molecule has 2 aromatic rings. The number of hydrogen-bond acceptors (Lipinski definition) is 5. The van der Waals surface area contributed by atoms with Crippen LogP contribution in [0.25, 0.3) is 10.8 Å². The predicted octanol–water partition coefficient (Wildman–Crippen LogP) is 4.85. The molecule has 0 amide bonds. The summed E-state index contributed by atoms with van der Waals surface area (Å²) in [6.45, 7) is 4.42. The number of aliphatic hydroxyl groups is 1. The summed E-state index contributed by atoms with van der Waals surface area (Å²) in [7, 11) is 0. The van der Waals surface area contributed by atoms with Crippen LogP contribution in [0.5, 0.6) is 0 Å². The Morgan fingerprint density at radius 2 is 1.97 bits per heavy atom. The number of allylic oxidation sites excluding steroid dienone is 1. The number of nitrogens with two attached hydrogens (primary N) is 1. The van der Waals surface area contributed by atoms with E-state index in [1.54, 1.807) is 0 Å². The van der Waals surface area contributed by atoms with Gasteiger partial charge in [-0.3, -0.25) is 9.88 Å². The third-order valence-corrected chi connectivity index (χ3v) is 11.6. The Morgan fingerprint density at radius 3 is 2.84 bits per heavy atom. The van der Waals surface area contributed by atoms with Gasteiger partial charge in [0, 0.05) is 43.0 Å². The highest BCUT2D eigenvalue weighted by Gasteiger charge is 2.68. The average molecular weight is 498 g/mol. The van der Waals surface area contributed by atoms with Crippen LogP contribution in [0.2, 0.25) is 0 Å². The lowest BCUT2D eigenvalue weighted by Crippen LogP contribution is -2.62. The second-order valence-corrected chi connectivity index (χ2v) is 13.2. The summed E-state index contributed by atoms with van der Waals surface area (Å²) in [5, 5.41) is 14.4. The first-order valence-electron chi connectivity index (χ1n) is 14.6. The molecule has 2 saturated carbocycles. The third-order valence-electron chi connectivity index (χ3n) is 11.6. The number of hydrogen-bond donors (Lipinski definition) is 2. The number of ether oxygens (including phenoxy) is 1. The highest BCUT2D eigenvalue weighted by Crippen LogP contribution is 2.69. The maximum Gasteiger partial charge on any atom is 0.118 e. The van der Waals surface area contributed by atoms with E-state index in [1.807, 2.05) is 12.4 Å². The van der Waals surface area contributed by atoms with E-state index in [0.717, 1.165) is 51.6 Å². The largest absolute Gasteiger partial charge is 0.388 e. The zero-order valence-electron chi connectivity index (χ0n) is 21.9. The molecule has 2 bridgehead atoms. The highest BCUT2D eigenvalue weighted by molar-refractivity contribution is 5.82. The van der Waals surface area contributed by atoms with Gasteiger partial charge in [0.25, 0.3) is 0 Å². The lowest BCUT2D eigenvalue weighted by molar-refractivity contribution is -0.185. The monoisotopic (exact) mass is 497 g/mol. The topological polar surface area (TPSA) is 71.6 Å². The molecule has 3 N–H and O–H groups in total. The van der Waals surface area contributed by atoms with Crippen LogP contribution >= 0.6 is 0 Å². The predicted molar refractivity (Wildman–Crippen MR) is 145 cm³/mol. The molecule has 8 atom stereocenters. The van der Waals surface area contributed by atoms with E-state index in [2.05, 4.69) is 53.2 Å². The smallest absolute Gasteiger partial charge is 0.118 e. The maximum atomic E-state index is 11.9. The van der Waals surface area contributed by atoms with Crippen molar-refractivity contribution in [2.75, 3.05) is 13.1 Å². The number of likely N-dealkylation sites (tertiary alicyclic amines) is 1. The first-order chi connectivity index (χ1) is 17.9. The Hall–Kier alpha value is -2.05. The lowest BCUT2D eigenvalue weighted by Gasteiger charge is -2.56. The molecule has 4 fully saturated rings. The van der Waals surface area contributed by atoms with E-state index in [9.17, 15) is 5.11 Å². The van der Waals surface area contributed by atoms with E-state index in [-0.39, 0.29) is 23.1 Å². The summed E-state index contributed by atoms with van der Waals surface area (Å²) in [4.78, 5) is 6.83. The zero-order valence-corrected chi connectivity index (χ0v) is 21.9. The fourth-order valence-corrected chi connectivity index (χ4v) is 9.77. The van der Waals surface area contributed by atoms with Crippen LogP contribution in [-0.2, 0) is 4.74 Å². The number of pyridine rings is 1. The quantitative estimate of drug-likeness (QED) is 0.621. The Morgan fingerprint density at radius 1 is 1.08 bits per heavy atom. The minimum Gasteiger partial charge on any atom is -0.388 e. The van der Waals surface area contributed by atoms with Gasteiger partial charge in [0.05, 0.1) is 5.60 Å². The van der Waals surface area contributed by atoms with E-state index in [4.69, 9.17) is 10.5 Å². The molecule has 1 aromatic carbocycles. The number of fused-ring (bicyclic) bond motifs is 2. The Kier molecular flexibility index (Phi) is 4.80. The number of rotatable bonds is 2. The standard InChI is InChI=1S/C32H39N3O2/c1-30-11-8-24-17-23-4-6-27(35-15-10-25(33)19-35)29(36)32(23)13-12-31(24,37-32)28(30)7-5-26(30)21-3-2-20-9-14-34-18-22(20)16-21/h2-3,8-9,14,16-18,25-29,36H,4-7,10-13,15,19,33H2,1H3/t25-,26?,27-,28-,29+,30-,31?,32+/m1/s1. The second-order valence-electron chi connectivity index (χ2n) is 13.2. The van der Waals surface area contributed by atoms with Crippen LogP contribution in [0.4, 0.5) is 0 Å². The molecular formula is C32H39N3O2.